The van der Waals surface area contributed by atoms with Gasteiger partial charge in [-0.05, 0) is 30.7 Å². The monoisotopic (exact) mass is 334 g/mol. The first-order valence-corrected chi connectivity index (χ1v) is 6.81. The van der Waals surface area contributed by atoms with Crippen molar-refractivity contribution in [2.45, 2.75) is 20.8 Å². The predicted octanol–water partition coefficient (Wildman–Crippen LogP) is 4.56. The number of rotatable bonds is 4. The van der Waals surface area contributed by atoms with Crippen LogP contribution >= 0.6 is 31.9 Å². The molecular weight excluding hydrogens is 320 g/mol. The maximum atomic E-state index is 5.75. The van der Waals surface area contributed by atoms with Crippen molar-refractivity contribution in [1.82, 2.24) is 0 Å². The van der Waals surface area contributed by atoms with E-state index in [0.717, 1.165) is 22.2 Å². The van der Waals surface area contributed by atoms with Crippen LogP contribution in [0.5, 0.6) is 5.75 Å². The number of hydrogen-bond donors (Lipinski definition) is 0. The molecule has 0 bridgehead atoms. The molecule has 0 spiro atoms. The standard InChI is InChI=1S/C12H16Br2O/c1-9-6-10(4-5-11(9)14)15-8-12(2,3)7-13/h4-6H,7-8H2,1-3H3. The molecule has 0 aliphatic heterocycles. The Labute approximate surface area is 108 Å². The highest BCUT2D eigenvalue weighted by atomic mass is 79.9. The molecule has 1 aromatic carbocycles. The van der Waals surface area contributed by atoms with Gasteiger partial charge in [0.25, 0.3) is 0 Å². The van der Waals surface area contributed by atoms with Gasteiger partial charge in [-0.15, -0.1) is 0 Å². The second-order valence-electron chi connectivity index (χ2n) is 4.50. The molecule has 0 fully saturated rings. The van der Waals surface area contributed by atoms with Gasteiger partial charge >= 0.3 is 0 Å². The summed E-state index contributed by atoms with van der Waals surface area (Å²) < 4.78 is 6.87. The molecule has 0 atom stereocenters. The lowest BCUT2D eigenvalue weighted by atomic mass is 9.98. The first-order valence-electron chi connectivity index (χ1n) is 4.89. The van der Waals surface area contributed by atoms with Gasteiger partial charge in [0.1, 0.15) is 5.75 Å². The van der Waals surface area contributed by atoms with E-state index < -0.39 is 0 Å². The van der Waals surface area contributed by atoms with Crippen molar-refractivity contribution >= 4 is 31.9 Å². The molecule has 0 aliphatic carbocycles. The number of ether oxygens (including phenoxy) is 1. The van der Waals surface area contributed by atoms with Crippen molar-refractivity contribution < 1.29 is 4.74 Å². The molecule has 0 heterocycles. The minimum absolute atomic E-state index is 0.168. The predicted molar refractivity (Wildman–Crippen MR) is 71.9 cm³/mol. The van der Waals surface area contributed by atoms with Crippen LogP contribution in [0.2, 0.25) is 0 Å². The lowest BCUT2D eigenvalue weighted by Crippen LogP contribution is -2.22. The van der Waals surface area contributed by atoms with E-state index in [1.807, 2.05) is 18.2 Å². The Morgan fingerprint density at radius 1 is 1.33 bits per heavy atom. The van der Waals surface area contributed by atoms with Crippen LogP contribution in [0.3, 0.4) is 0 Å². The maximum absolute atomic E-state index is 5.75. The maximum Gasteiger partial charge on any atom is 0.119 e. The summed E-state index contributed by atoms with van der Waals surface area (Å²) in [6, 6.07) is 6.06. The number of alkyl halides is 1. The van der Waals surface area contributed by atoms with Crippen LogP contribution in [0.4, 0.5) is 0 Å². The van der Waals surface area contributed by atoms with Gasteiger partial charge in [0.15, 0.2) is 0 Å². The molecular formula is C12H16Br2O. The molecule has 0 aromatic heterocycles. The van der Waals surface area contributed by atoms with E-state index in [-0.39, 0.29) is 5.41 Å². The summed E-state index contributed by atoms with van der Waals surface area (Å²) in [5.41, 5.74) is 1.37. The molecule has 0 radical (unpaired) electrons. The molecule has 3 heteroatoms. The molecule has 1 rings (SSSR count). The molecule has 0 aliphatic rings. The summed E-state index contributed by atoms with van der Waals surface area (Å²) in [6.45, 7) is 7.13. The third-order valence-electron chi connectivity index (χ3n) is 2.12. The Kier molecular flexibility index (Phi) is 4.65. The fraction of sp³-hybridized carbons (Fsp3) is 0.500. The van der Waals surface area contributed by atoms with Crippen molar-refractivity contribution in [1.29, 1.82) is 0 Å². The third-order valence-corrected chi connectivity index (χ3v) is 4.53. The number of hydrogen-bond acceptors (Lipinski definition) is 1. The van der Waals surface area contributed by atoms with Gasteiger partial charge in [-0.2, -0.15) is 0 Å². The van der Waals surface area contributed by atoms with Crippen LogP contribution in [-0.4, -0.2) is 11.9 Å². The molecule has 1 nitrogen and oxygen atoms in total. The van der Waals surface area contributed by atoms with Crippen molar-refractivity contribution in [2.75, 3.05) is 11.9 Å². The lowest BCUT2D eigenvalue weighted by molar-refractivity contribution is 0.203. The van der Waals surface area contributed by atoms with E-state index in [4.69, 9.17) is 4.74 Å². The molecule has 15 heavy (non-hydrogen) atoms. The Balaban J connectivity index is 2.62. The molecule has 0 N–H and O–H groups in total. The van der Waals surface area contributed by atoms with Crippen molar-refractivity contribution in [2.24, 2.45) is 5.41 Å². The first kappa shape index (κ1) is 13.0. The summed E-state index contributed by atoms with van der Waals surface area (Å²) in [5.74, 6) is 0.935. The summed E-state index contributed by atoms with van der Waals surface area (Å²) in [4.78, 5) is 0. The van der Waals surface area contributed by atoms with Crippen LogP contribution in [-0.2, 0) is 0 Å². The smallest absolute Gasteiger partial charge is 0.119 e. The number of aryl methyl sites for hydroxylation is 1. The topological polar surface area (TPSA) is 9.23 Å². The van der Waals surface area contributed by atoms with E-state index in [2.05, 4.69) is 52.6 Å². The van der Waals surface area contributed by atoms with Crippen molar-refractivity contribution in [3.05, 3.63) is 28.2 Å². The van der Waals surface area contributed by atoms with Gasteiger partial charge in [0, 0.05) is 15.2 Å². The largest absolute Gasteiger partial charge is 0.493 e. The SMILES string of the molecule is Cc1cc(OCC(C)(C)CBr)ccc1Br. The van der Waals surface area contributed by atoms with Crippen LogP contribution < -0.4 is 4.74 Å². The molecule has 0 saturated carbocycles. The van der Waals surface area contributed by atoms with Gasteiger partial charge in [0.05, 0.1) is 6.61 Å². The lowest BCUT2D eigenvalue weighted by Gasteiger charge is -2.21. The van der Waals surface area contributed by atoms with E-state index in [9.17, 15) is 0 Å². The zero-order valence-electron chi connectivity index (χ0n) is 9.31. The number of halogens is 2. The second-order valence-corrected chi connectivity index (χ2v) is 5.91. The van der Waals surface area contributed by atoms with E-state index in [1.54, 1.807) is 0 Å². The summed E-state index contributed by atoms with van der Waals surface area (Å²) in [6.07, 6.45) is 0. The summed E-state index contributed by atoms with van der Waals surface area (Å²) in [7, 11) is 0. The van der Waals surface area contributed by atoms with E-state index in [1.165, 1.54) is 5.56 Å². The average Bonchev–Trinajstić information content (AvgIpc) is 2.20. The Bertz CT molecular complexity index is 334. The minimum atomic E-state index is 0.168. The van der Waals surface area contributed by atoms with Crippen molar-refractivity contribution in [3.63, 3.8) is 0 Å². The third kappa shape index (κ3) is 4.15. The van der Waals surface area contributed by atoms with E-state index >= 15 is 0 Å². The van der Waals surface area contributed by atoms with Crippen molar-refractivity contribution in [3.8, 4) is 5.75 Å². The van der Waals surface area contributed by atoms with Gasteiger partial charge in [-0.3, -0.25) is 0 Å². The summed E-state index contributed by atoms with van der Waals surface area (Å²) >= 11 is 6.95. The molecule has 0 saturated heterocycles. The fourth-order valence-corrected chi connectivity index (χ4v) is 1.43. The molecule has 1 aromatic rings. The minimum Gasteiger partial charge on any atom is -0.493 e. The zero-order chi connectivity index (χ0) is 11.5. The van der Waals surface area contributed by atoms with Crippen LogP contribution in [0, 0.1) is 12.3 Å². The molecule has 0 amide bonds. The zero-order valence-corrected chi connectivity index (χ0v) is 12.5. The van der Waals surface area contributed by atoms with Gasteiger partial charge < -0.3 is 4.74 Å². The summed E-state index contributed by atoms with van der Waals surface area (Å²) in [5, 5.41) is 0.940. The molecule has 0 unspecified atom stereocenters. The molecule has 84 valence electrons. The quantitative estimate of drug-likeness (QED) is 0.733. The van der Waals surface area contributed by atoms with Gasteiger partial charge in [-0.1, -0.05) is 45.7 Å². The second kappa shape index (κ2) is 5.35. The van der Waals surface area contributed by atoms with Gasteiger partial charge in [0.2, 0.25) is 0 Å². The highest BCUT2D eigenvalue weighted by Gasteiger charge is 2.16. The normalized spacial score (nSPS) is 11.5. The first-order chi connectivity index (χ1) is 6.94. The fourth-order valence-electron chi connectivity index (χ4n) is 1.02. The van der Waals surface area contributed by atoms with Crippen LogP contribution in [0.25, 0.3) is 0 Å². The highest BCUT2D eigenvalue weighted by Crippen LogP contribution is 2.24. The van der Waals surface area contributed by atoms with Crippen LogP contribution in [0.1, 0.15) is 19.4 Å². The highest BCUT2D eigenvalue weighted by molar-refractivity contribution is 9.10. The Hall–Kier alpha value is -0.0200. The Morgan fingerprint density at radius 2 is 2.00 bits per heavy atom. The Morgan fingerprint density at radius 3 is 2.53 bits per heavy atom. The van der Waals surface area contributed by atoms with Crippen LogP contribution in [0.15, 0.2) is 22.7 Å². The number of benzene rings is 1. The van der Waals surface area contributed by atoms with Gasteiger partial charge in [-0.25, -0.2) is 0 Å². The average molecular weight is 336 g/mol. The van der Waals surface area contributed by atoms with E-state index in [0.29, 0.717) is 0 Å².